The van der Waals surface area contributed by atoms with Crippen LogP contribution >= 0.6 is 23.6 Å². The van der Waals surface area contributed by atoms with Crippen molar-refractivity contribution in [3.05, 3.63) is 87.8 Å². The number of allylic oxidation sites excluding steroid dienone is 2. The van der Waals surface area contributed by atoms with E-state index >= 15 is 0 Å². The van der Waals surface area contributed by atoms with Gasteiger partial charge in [0.2, 0.25) is 0 Å². The summed E-state index contributed by atoms with van der Waals surface area (Å²) in [7, 11) is 0. The van der Waals surface area contributed by atoms with Crippen LogP contribution in [0.1, 0.15) is 35.3 Å². The standard InChI is InChI=1S/C25H17F2NS2/c26-23-14-19(25-12-10-21(30-25)13-18-3-1-2-4-18)15-24(27)22(23)11-7-17-5-8-20(9-6-17)28-16-29/h3,5-6,8-10,12,14-15H,1-2,4,13H2. The second-order valence-corrected chi connectivity index (χ2v) is 8.36. The predicted molar refractivity (Wildman–Crippen MR) is 122 cm³/mol. The molecule has 1 heterocycles. The van der Waals surface area contributed by atoms with Crippen LogP contribution in [0.15, 0.2) is 65.2 Å². The van der Waals surface area contributed by atoms with E-state index < -0.39 is 11.6 Å². The molecule has 0 saturated carbocycles. The van der Waals surface area contributed by atoms with Gasteiger partial charge in [-0.2, -0.15) is 4.99 Å². The highest BCUT2D eigenvalue weighted by molar-refractivity contribution is 7.78. The Labute approximate surface area is 183 Å². The second kappa shape index (κ2) is 9.28. The molecule has 1 aliphatic carbocycles. The van der Waals surface area contributed by atoms with Gasteiger partial charge < -0.3 is 0 Å². The molecule has 0 fully saturated rings. The van der Waals surface area contributed by atoms with Gasteiger partial charge in [0.25, 0.3) is 0 Å². The van der Waals surface area contributed by atoms with Crippen molar-refractivity contribution in [1.29, 1.82) is 0 Å². The summed E-state index contributed by atoms with van der Waals surface area (Å²) in [6, 6.07) is 13.6. The number of thiophene rings is 1. The van der Waals surface area contributed by atoms with Crippen LogP contribution in [-0.4, -0.2) is 5.16 Å². The van der Waals surface area contributed by atoms with Crippen molar-refractivity contribution in [3.8, 4) is 22.3 Å². The average Bonchev–Trinajstić information content (AvgIpc) is 3.41. The van der Waals surface area contributed by atoms with Crippen LogP contribution in [0.25, 0.3) is 10.4 Å². The van der Waals surface area contributed by atoms with Gasteiger partial charge in [0.1, 0.15) is 11.6 Å². The van der Waals surface area contributed by atoms with E-state index in [1.54, 1.807) is 35.6 Å². The average molecular weight is 434 g/mol. The highest BCUT2D eigenvalue weighted by Gasteiger charge is 2.13. The fourth-order valence-electron chi connectivity index (χ4n) is 3.39. The van der Waals surface area contributed by atoms with E-state index in [9.17, 15) is 8.78 Å². The van der Waals surface area contributed by atoms with Crippen molar-refractivity contribution in [3.63, 3.8) is 0 Å². The fourth-order valence-corrected chi connectivity index (χ4v) is 4.54. The number of nitrogens with zero attached hydrogens (tertiary/aromatic N) is 1. The number of halogens is 2. The minimum Gasteiger partial charge on any atom is -0.205 e. The first-order valence-corrected chi connectivity index (χ1v) is 10.8. The van der Waals surface area contributed by atoms with E-state index in [0.29, 0.717) is 16.8 Å². The van der Waals surface area contributed by atoms with Gasteiger partial charge >= 0.3 is 0 Å². The minimum absolute atomic E-state index is 0.229. The zero-order valence-electron chi connectivity index (χ0n) is 16.0. The summed E-state index contributed by atoms with van der Waals surface area (Å²) < 4.78 is 29.2. The molecule has 1 nitrogen and oxygen atoms in total. The summed E-state index contributed by atoms with van der Waals surface area (Å²) in [5, 5.41) is 2.29. The van der Waals surface area contributed by atoms with E-state index in [-0.39, 0.29) is 5.56 Å². The highest BCUT2D eigenvalue weighted by Crippen LogP contribution is 2.33. The van der Waals surface area contributed by atoms with Crippen LogP contribution in [0.3, 0.4) is 0 Å². The number of hydrogen-bond donors (Lipinski definition) is 0. The number of rotatable bonds is 4. The Morgan fingerprint density at radius 3 is 2.43 bits per heavy atom. The summed E-state index contributed by atoms with van der Waals surface area (Å²) in [6.07, 6.45) is 6.74. The van der Waals surface area contributed by atoms with Crippen LogP contribution < -0.4 is 0 Å². The van der Waals surface area contributed by atoms with Gasteiger partial charge in [-0.05, 0) is 85.6 Å². The monoisotopic (exact) mass is 433 g/mol. The first-order valence-electron chi connectivity index (χ1n) is 9.58. The van der Waals surface area contributed by atoms with Gasteiger partial charge in [-0.25, -0.2) is 8.78 Å². The van der Waals surface area contributed by atoms with E-state index in [1.165, 1.54) is 29.0 Å². The lowest BCUT2D eigenvalue weighted by molar-refractivity contribution is 0.578. The van der Waals surface area contributed by atoms with Crippen molar-refractivity contribution < 1.29 is 8.78 Å². The van der Waals surface area contributed by atoms with Gasteiger partial charge in [-0.15, -0.1) is 11.3 Å². The van der Waals surface area contributed by atoms with E-state index in [0.717, 1.165) is 24.1 Å². The molecule has 3 aromatic rings. The molecule has 0 radical (unpaired) electrons. The van der Waals surface area contributed by atoms with Gasteiger partial charge in [-0.1, -0.05) is 23.5 Å². The molecule has 0 amide bonds. The molecule has 5 heteroatoms. The molecule has 30 heavy (non-hydrogen) atoms. The lowest BCUT2D eigenvalue weighted by atomic mass is 10.1. The third-order valence-electron chi connectivity index (χ3n) is 4.90. The molecular formula is C25H17F2NS2. The summed E-state index contributed by atoms with van der Waals surface area (Å²) in [6.45, 7) is 0. The number of thiocarbonyl (C=S) groups is 1. The van der Waals surface area contributed by atoms with Crippen molar-refractivity contribution in [1.82, 2.24) is 0 Å². The van der Waals surface area contributed by atoms with Crippen LogP contribution in [0.5, 0.6) is 0 Å². The first kappa shape index (κ1) is 20.4. The number of isothiocyanates is 1. The van der Waals surface area contributed by atoms with Gasteiger partial charge in [-0.3, -0.25) is 0 Å². The SMILES string of the molecule is Fc1cc(-c2ccc(CC3=CCCC3)s2)cc(F)c1C#Cc1ccc(N=C=S)cc1. The van der Waals surface area contributed by atoms with Crippen LogP contribution in [0.4, 0.5) is 14.5 Å². The van der Waals surface area contributed by atoms with Gasteiger partial charge in [0.15, 0.2) is 0 Å². The van der Waals surface area contributed by atoms with Crippen LogP contribution in [0.2, 0.25) is 0 Å². The van der Waals surface area contributed by atoms with Gasteiger partial charge in [0, 0.05) is 21.7 Å². The molecule has 0 spiro atoms. The molecule has 2 aromatic carbocycles. The van der Waals surface area contributed by atoms with Gasteiger partial charge in [0.05, 0.1) is 16.4 Å². The summed E-state index contributed by atoms with van der Waals surface area (Å²) in [5.74, 6) is 4.09. The molecule has 0 saturated heterocycles. The Kier molecular flexibility index (Phi) is 6.30. The highest BCUT2D eigenvalue weighted by atomic mass is 32.1. The van der Waals surface area contributed by atoms with Crippen molar-refractivity contribution in [2.45, 2.75) is 25.7 Å². The molecule has 0 atom stereocenters. The normalized spacial score (nSPS) is 12.7. The molecule has 0 N–H and O–H groups in total. The topological polar surface area (TPSA) is 12.4 Å². The second-order valence-electron chi connectivity index (χ2n) is 7.01. The Bertz CT molecular complexity index is 1200. The largest absolute Gasteiger partial charge is 0.205 e. The quantitative estimate of drug-likeness (QED) is 0.180. The lowest BCUT2D eigenvalue weighted by Crippen LogP contribution is -1.91. The first-order chi connectivity index (χ1) is 14.6. The van der Waals surface area contributed by atoms with E-state index in [4.69, 9.17) is 0 Å². The van der Waals surface area contributed by atoms with Crippen molar-refractivity contribution >= 4 is 34.4 Å². The Balaban J connectivity index is 1.55. The van der Waals surface area contributed by atoms with Crippen molar-refractivity contribution in [2.24, 2.45) is 4.99 Å². The molecule has 1 aliphatic rings. The fraction of sp³-hybridized carbons (Fsp3) is 0.160. The maximum Gasteiger partial charge on any atom is 0.142 e. The number of benzene rings is 2. The molecule has 148 valence electrons. The summed E-state index contributed by atoms with van der Waals surface area (Å²) >= 11 is 6.14. The molecule has 4 rings (SSSR count). The third-order valence-corrected chi connectivity index (χ3v) is 6.12. The Morgan fingerprint density at radius 1 is 1.00 bits per heavy atom. The predicted octanol–water partition coefficient (Wildman–Crippen LogP) is 7.48. The smallest absolute Gasteiger partial charge is 0.142 e. The maximum absolute atomic E-state index is 14.6. The summed E-state index contributed by atoms with van der Waals surface area (Å²) in [4.78, 5) is 5.93. The maximum atomic E-state index is 14.6. The molecule has 1 aromatic heterocycles. The molecule has 0 bridgehead atoms. The summed E-state index contributed by atoms with van der Waals surface area (Å²) in [5.41, 5.74) is 3.04. The molecule has 0 aliphatic heterocycles. The Morgan fingerprint density at radius 2 is 1.77 bits per heavy atom. The van der Waals surface area contributed by atoms with Crippen molar-refractivity contribution in [2.75, 3.05) is 0 Å². The third kappa shape index (κ3) is 4.80. The molecule has 0 unspecified atom stereocenters. The Hall–Kier alpha value is -2.90. The zero-order valence-corrected chi connectivity index (χ0v) is 17.7. The number of aliphatic imine (C=N–C) groups is 1. The zero-order chi connectivity index (χ0) is 20.9. The van der Waals surface area contributed by atoms with E-state index in [1.807, 2.05) is 12.1 Å². The lowest BCUT2D eigenvalue weighted by Gasteiger charge is -2.03. The minimum atomic E-state index is -0.659. The van der Waals surface area contributed by atoms with Crippen LogP contribution in [-0.2, 0) is 6.42 Å². The van der Waals surface area contributed by atoms with E-state index in [2.05, 4.69) is 40.3 Å². The number of hydrogen-bond acceptors (Lipinski definition) is 3. The van der Waals surface area contributed by atoms with Crippen LogP contribution in [0, 0.1) is 23.5 Å². The molecular weight excluding hydrogens is 416 g/mol.